The molecule has 1 saturated heterocycles. The summed E-state index contributed by atoms with van der Waals surface area (Å²) in [5.41, 5.74) is 3.28. The molecule has 2 aromatic rings. The van der Waals surface area contributed by atoms with Crippen molar-refractivity contribution in [1.82, 2.24) is 19.8 Å². The van der Waals surface area contributed by atoms with Crippen LogP contribution < -0.4 is 0 Å². The SMILES string of the molecule is COCCOC(=O)c1c(C)[nH]c(C(=O)N(C)C2CCN(CCc3ccccn3)CC2)c1C. The van der Waals surface area contributed by atoms with Crippen LogP contribution in [0.15, 0.2) is 24.4 Å². The number of piperidine rings is 1. The van der Waals surface area contributed by atoms with E-state index < -0.39 is 5.97 Å². The topological polar surface area (TPSA) is 87.8 Å². The van der Waals surface area contributed by atoms with Gasteiger partial charge in [0.15, 0.2) is 0 Å². The van der Waals surface area contributed by atoms with E-state index >= 15 is 0 Å². The van der Waals surface area contributed by atoms with Crippen LogP contribution in [0, 0.1) is 13.8 Å². The third kappa shape index (κ3) is 5.75. The molecule has 0 bridgehead atoms. The van der Waals surface area contributed by atoms with Crippen LogP contribution in [0.5, 0.6) is 0 Å². The molecule has 1 amide bonds. The molecule has 8 heteroatoms. The lowest BCUT2D eigenvalue weighted by molar-refractivity contribution is 0.0387. The molecule has 3 heterocycles. The fraction of sp³-hybridized carbons (Fsp3) is 0.542. The summed E-state index contributed by atoms with van der Waals surface area (Å²) < 4.78 is 10.2. The van der Waals surface area contributed by atoms with Crippen LogP contribution in [0.25, 0.3) is 0 Å². The Morgan fingerprint density at radius 3 is 2.62 bits per heavy atom. The Hall–Kier alpha value is -2.71. The second kappa shape index (κ2) is 11.2. The molecule has 0 radical (unpaired) electrons. The maximum absolute atomic E-state index is 13.2. The number of likely N-dealkylation sites (tertiary alicyclic amines) is 1. The Bertz CT molecular complexity index is 904. The lowest BCUT2D eigenvalue weighted by atomic mass is 10.0. The van der Waals surface area contributed by atoms with Crippen molar-refractivity contribution in [3.05, 3.63) is 52.6 Å². The number of carbonyl (C=O) groups excluding carboxylic acids is 2. The molecule has 8 nitrogen and oxygen atoms in total. The Balaban J connectivity index is 1.55. The van der Waals surface area contributed by atoms with E-state index in [4.69, 9.17) is 9.47 Å². The van der Waals surface area contributed by atoms with Gasteiger partial charge >= 0.3 is 5.97 Å². The van der Waals surface area contributed by atoms with Crippen LogP contribution in [0.3, 0.4) is 0 Å². The van der Waals surface area contributed by atoms with Crippen LogP contribution in [0.4, 0.5) is 0 Å². The highest BCUT2D eigenvalue weighted by atomic mass is 16.6. The van der Waals surface area contributed by atoms with Crippen molar-refractivity contribution in [2.75, 3.05) is 47.0 Å². The molecule has 3 rings (SSSR count). The highest BCUT2D eigenvalue weighted by molar-refractivity contribution is 6.00. The molecule has 0 aliphatic carbocycles. The number of aromatic amines is 1. The van der Waals surface area contributed by atoms with Gasteiger partial charge in [0.1, 0.15) is 12.3 Å². The van der Waals surface area contributed by atoms with E-state index in [1.54, 1.807) is 21.0 Å². The molecular formula is C24H34N4O4. The number of rotatable bonds is 9. The molecule has 32 heavy (non-hydrogen) atoms. The standard InChI is InChI=1S/C24H34N4O4/c1-17-21(24(30)32-16-15-31-4)18(2)26-22(17)23(29)27(3)20-9-13-28(14-10-20)12-8-19-7-5-6-11-25-19/h5-7,11,20,26H,8-10,12-16H2,1-4H3. The van der Waals surface area contributed by atoms with Gasteiger partial charge in [-0.25, -0.2) is 4.79 Å². The van der Waals surface area contributed by atoms with E-state index in [-0.39, 0.29) is 18.6 Å². The predicted octanol–water partition coefficient (Wildman–Crippen LogP) is 2.61. The van der Waals surface area contributed by atoms with Gasteiger partial charge in [0, 0.05) is 63.8 Å². The maximum Gasteiger partial charge on any atom is 0.340 e. The minimum atomic E-state index is -0.434. The summed E-state index contributed by atoms with van der Waals surface area (Å²) >= 11 is 0. The van der Waals surface area contributed by atoms with E-state index in [0.29, 0.717) is 29.1 Å². The summed E-state index contributed by atoms with van der Waals surface area (Å²) in [4.78, 5) is 37.4. The first-order valence-corrected chi connectivity index (χ1v) is 11.2. The number of carbonyl (C=O) groups is 2. The van der Waals surface area contributed by atoms with Crippen LogP contribution in [0.2, 0.25) is 0 Å². The monoisotopic (exact) mass is 442 g/mol. The van der Waals surface area contributed by atoms with Crippen LogP contribution >= 0.6 is 0 Å². The smallest absolute Gasteiger partial charge is 0.340 e. The number of aromatic nitrogens is 2. The van der Waals surface area contributed by atoms with Crippen LogP contribution in [-0.4, -0.2) is 84.7 Å². The number of ether oxygens (including phenoxy) is 2. The number of hydrogen-bond donors (Lipinski definition) is 1. The summed E-state index contributed by atoms with van der Waals surface area (Å²) in [5, 5.41) is 0. The molecule has 0 saturated carbocycles. The Labute approximate surface area is 189 Å². The minimum absolute atomic E-state index is 0.0894. The van der Waals surface area contributed by atoms with Crippen molar-refractivity contribution in [2.45, 2.75) is 39.2 Å². The van der Waals surface area contributed by atoms with Crippen molar-refractivity contribution in [3.63, 3.8) is 0 Å². The molecule has 1 N–H and O–H groups in total. The highest BCUT2D eigenvalue weighted by Crippen LogP contribution is 2.23. The maximum atomic E-state index is 13.2. The third-order valence-corrected chi connectivity index (χ3v) is 6.21. The van der Waals surface area contributed by atoms with E-state index in [9.17, 15) is 9.59 Å². The molecule has 1 aliphatic heterocycles. The molecule has 174 valence electrons. The number of esters is 1. The molecule has 0 aromatic carbocycles. The van der Waals surface area contributed by atoms with Crippen molar-refractivity contribution < 1.29 is 19.1 Å². The fourth-order valence-electron chi connectivity index (χ4n) is 4.25. The van der Waals surface area contributed by atoms with Crippen molar-refractivity contribution in [2.24, 2.45) is 0 Å². The van der Waals surface area contributed by atoms with Crippen molar-refractivity contribution in [1.29, 1.82) is 0 Å². The molecule has 0 unspecified atom stereocenters. The van der Waals surface area contributed by atoms with E-state index in [2.05, 4.69) is 20.9 Å². The van der Waals surface area contributed by atoms with Crippen LogP contribution in [0.1, 0.15) is 50.6 Å². The second-order valence-corrected chi connectivity index (χ2v) is 8.31. The Morgan fingerprint density at radius 2 is 1.97 bits per heavy atom. The number of methoxy groups -OCH3 is 1. The van der Waals surface area contributed by atoms with Gasteiger partial charge in [-0.15, -0.1) is 0 Å². The van der Waals surface area contributed by atoms with Gasteiger partial charge in [-0.1, -0.05) is 6.07 Å². The summed E-state index contributed by atoms with van der Waals surface area (Å²) in [7, 11) is 3.40. The Morgan fingerprint density at radius 1 is 1.22 bits per heavy atom. The van der Waals surface area contributed by atoms with Gasteiger partial charge in [0.2, 0.25) is 0 Å². The average molecular weight is 443 g/mol. The molecule has 0 spiro atoms. The normalized spacial score (nSPS) is 15.0. The van der Waals surface area contributed by atoms with Gasteiger partial charge in [-0.3, -0.25) is 9.78 Å². The van der Waals surface area contributed by atoms with Gasteiger partial charge in [0.25, 0.3) is 5.91 Å². The number of hydrogen-bond acceptors (Lipinski definition) is 6. The predicted molar refractivity (Wildman–Crippen MR) is 122 cm³/mol. The van der Waals surface area contributed by atoms with E-state index in [1.807, 2.05) is 30.3 Å². The number of aryl methyl sites for hydroxylation is 1. The number of nitrogens with one attached hydrogen (secondary N) is 1. The highest BCUT2D eigenvalue weighted by Gasteiger charge is 2.29. The van der Waals surface area contributed by atoms with Gasteiger partial charge in [0.05, 0.1) is 12.2 Å². The quantitative estimate of drug-likeness (QED) is 0.474. The van der Waals surface area contributed by atoms with Gasteiger partial charge < -0.3 is 24.3 Å². The fourth-order valence-corrected chi connectivity index (χ4v) is 4.25. The average Bonchev–Trinajstić information content (AvgIpc) is 3.11. The Kier molecular flexibility index (Phi) is 8.41. The zero-order chi connectivity index (χ0) is 23.1. The summed E-state index contributed by atoms with van der Waals surface area (Å²) in [6.45, 7) is 6.98. The van der Waals surface area contributed by atoms with Crippen LogP contribution in [-0.2, 0) is 15.9 Å². The first kappa shape index (κ1) is 23.9. The zero-order valence-electron chi connectivity index (χ0n) is 19.5. The summed E-state index contributed by atoms with van der Waals surface area (Å²) in [5.74, 6) is -0.523. The third-order valence-electron chi connectivity index (χ3n) is 6.21. The zero-order valence-corrected chi connectivity index (χ0v) is 19.5. The summed E-state index contributed by atoms with van der Waals surface area (Å²) in [6, 6.07) is 6.18. The lowest BCUT2D eigenvalue weighted by Gasteiger charge is -2.36. The molecule has 0 atom stereocenters. The van der Waals surface area contributed by atoms with Gasteiger partial charge in [-0.05, 0) is 44.4 Å². The van der Waals surface area contributed by atoms with Crippen molar-refractivity contribution in [3.8, 4) is 0 Å². The lowest BCUT2D eigenvalue weighted by Crippen LogP contribution is -2.46. The number of nitrogens with zero attached hydrogens (tertiary/aromatic N) is 3. The van der Waals surface area contributed by atoms with Gasteiger partial charge in [-0.2, -0.15) is 0 Å². The first-order valence-electron chi connectivity index (χ1n) is 11.2. The summed E-state index contributed by atoms with van der Waals surface area (Å²) in [6.07, 6.45) is 4.62. The van der Waals surface area contributed by atoms with E-state index in [0.717, 1.165) is 44.6 Å². The van der Waals surface area contributed by atoms with Crippen molar-refractivity contribution >= 4 is 11.9 Å². The number of H-pyrrole nitrogens is 1. The first-order chi connectivity index (χ1) is 15.4. The second-order valence-electron chi connectivity index (χ2n) is 8.31. The molecule has 2 aromatic heterocycles. The number of amides is 1. The molecule has 1 fully saturated rings. The molecule has 1 aliphatic rings. The minimum Gasteiger partial charge on any atom is -0.460 e. The number of pyridine rings is 1. The van der Waals surface area contributed by atoms with E-state index in [1.165, 1.54) is 0 Å². The largest absolute Gasteiger partial charge is 0.460 e. The molecular weight excluding hydrogens is 408 g/mol.